The Kier molecular flexibility index (Phi) is 12.7. The van der Waals surface area contributed by atoms with Crippen molar-refractivity contribution < 1.29 is 13.5 Å². The minimum absolute atomic E-state index is 0.160. The highest BCUT2D eigenvalue weighted by Crippen LogP contribution is 2.27. The number of allylic oxidation sites excluding steroid dienone is 1. The third kappa shape index (κ3) is 9.97. The first-order valence-electron chi connectivity index (χ1n) is 12.5. The largest absolute Gasteiger partial charge is 0.489 e. The predicted octanol–water partition coefficient (Wildman–Crippen LogP) is 9.75. The van der Waals surface area contributed by atoms with Crippen molar-refractivity contribution in [1.82, 2.24) is 0 Å². The van der Waals surface area contributed by atoms with E-state index in [0.717, 1.165) is 24.8 Å². The monoisotopic (exact) mass is 442 g/mol. The molecule has 0 saturated heterocycles. The van der Waals surface area contributed by atoms with Gasteiger partial charge < -0.3 is 4.74 Å². The molecule has 1 nitrogen and oxygen atoms in total. The average Bonchev–Trinajstić information content (AvgIpc) is 2.83. The van der Waals surface area contributed by atoms with E-state index in [1.165, 1.54) is 50.5 Å². The highest BCUT2D eigenvalue weighted by atomic mass is 19.2. The van der Waals surface area contributed by atoms with Crippen molar-refractivity contribution in [3.8, 4) is 5.75 Å². The Morgan fingerprint density at radius 3 is 1.88 bits per heavy atom. The van der Waals surface area contributed by atoms with Crippen LogP contribution in [0.2, 0.25) is 0 Å². The fourth-order valence-electron chi connectivity index (χ4n) is 3.75. The Hall–Kier alpha value is -2.16. The molecule has 0 fully saturated rings. The fraction of sp³-hybridized carbons (Fsp3) is 0.517. The van der Waals surface area contributed by atoms with Crippen LogP contribution in [0.5, 0.6) is 5.75 Å². The third-order valence-electron chi connectivity index (χ3n) is 5.84. The van der Waals surface area contributed by atoms with Crippen LogP contribution in [-0.4, -0.2) is 0 Å². The first-order chi connectivity index (χ1) is 15.6. The molecule has 0 radical (unpaired) electrons. The van der Waals surface area contributed by atoms with Crippen LogP contribution in [0.4, 0.5) is 8.78 Å². The summed E-state index contributed by atoms with van der Waals surface area (Å²) in [6.07, 6.45) is 13.2. The smallest absolute Gasteiger partial charge is 0.161 e. The molecule has 0 saturated carbocycles. The maximum absolute atomic E-state index is 14.2. The number of ether oxygens (including phenoxy) is 1. The van der Waals surface area contributed by atoms with Crippen LogP contribution < -0.4 is 4.74 Å². The molecule has 0 aliphatic carbocycles. The van der Waals surface area contributed by atoms with Crippen LogP contribution in [-0.2, 0) is 13.0 Å². The summed E-state index contributed by atoms with van der Waals surface area (Å²) in [4.78, 5) is 0. The Morgan fingerprint density at radius 1 is 0.656 bits per heavy atom. The molecule has 2 rings (SSSR count). The molecule has 0 unspecified atom stereocenters. The number of rotatable bonds is 16. The first kappa shape index (κ1) is 26.1. The summed E-state index contributed by atoms with van der Waals surface area (Å²) in [7, 11) is 0. The number of aryl methyl sites for hydroxylation is 1. The Morgan fingerprint density at radius 2 is 1.22 bits per heavy atom. The molecule has 0 heterocycles. The third-order valence-corrected chi connectivity index (χ3v) is 5.84. The number of benzene rings is 2. The lowest BCUT2D eigenvalue weighted by Gasteiger charge is -2.08. The standard InChI is InChI=1S/C29H40F2O/c1-3-5-7-8-9-10-12-13-24-15-17-25(18-16-24)23-32-27-21-19-26(20-22-27)29(31)28(30)14-11-6-4-2/h15-22H,3-14,23H2,1-2H3/b29-28+. The molecule has 3 heteroatoms. The van der Waals surface area contributed by atoms with Crippen LogP contribution in [0.3, 0.4) is 0 Å². The highest BCUT2D eigenvalue weighted by molar-refractivity contribution is 5.61. The summed E-state index contributed by atoms with van der Waals surface area (Å²) >= 11 is 0. The van der Waals surface area contributed by atoms with Crippen LogP contribution in [0, 0.1) is 0 Å². The molecule has 2 aromatic carbocycles. The van der Waals surface area contributed by atoms with E-state index in [2.05, 4.69) is 31.2 Å². The van der Waals surface area contributed by atoms with Gasteiger partial charge in [-0.15, -0.1) is 0 Å². The Balaban J connectivity index is 1.73. The van der Waals surface area contributed by atoms with Crippen molar-refractivity contribution in [2.45, 2.75) is 97.5 Å². The SMILES string of the molecule is CCCCCCCCCc1ccc(COc2ccc(/C(F)=C(\F)CCCCC)cc2)cc1. The Bertz CT molecular complexity index is 778. The van der Waals surface area contributed by atoms with Crippen LogP contribution >= 0.6 is 0 Å². The summed E-state index contributed by atoms with van der Waals surface area (Å²) in [5.74, 6) is -0.770. The molecule has 176 valence electrons. The van der Waals surface area contributed by atoms with Crippen molar-refractivity contribution >= 4 is 5.83 Å². The molecule has 0 aliphatic rings. The highest BCUT2D eigenvalue weighted by Gasteiger charge is 2.09. The molecule has 2 aromatic rings. The van der Waals surface area contributed by atoms with Gasteiger partial charge in [-0.2, -0.15) is 0 Å². The average molecular weight is 443 g/mol. The second-order valence-corrected chi connectivity index (χ2v) is 8.68. The molecule has 0 spiro atoms. The maximum atomic E-state index is 14.2. The van der Waals surface area contributed by atoms with Crippen molar-refractivity contribution in [2.75, 3.05) is 0 Å². The minimum atomic E-state index is -0.760. The van der Waals surface area contributed by atoms with Gasteiger partial charge in [-0.1, -0.05) is 89.5 Å². The molecular weight excluding hydrogens is 402 g/mol. The number of hydrogen-bond donors (Lipinski definition) is 0. The molecule has 0 amide bonds. The van der Waals surface area contributed by atoms with Gasteiger partial charge >= 0.3 is 0 Å². The van der Waals surface area contributed by atoms with Crippen molar-refractivity contribution in [3.63, 3.8) is 0 Å². The van der Waals surface area contributed by atoms with Crippen LogP contribution in [0.15, 0.2) is 54.4 Å². The number of halogens is 2. The van der Waals surface area contributed by atoms with Crippen LogP contribution in [0.1, 0.15) is 101 Å². The normalized spacial score (nSPS) is 12.0. The lowest BCUT2D eigenvalue weighted by atomic mass is 10.0. The summed E-state index contributed by atoms with van der Waals surface area (Å²) in [5, 5.41) is 0. The zero-order valence-corrected chi connectivity index (χ0v) is 20.0. The zero-order chi connectivity index (χ0) is 23.0. The predicted molar refractivity (Wildman–Crippen MR) is 132 cm³/mol. The van der Waals surface area contributed by atoms with E-state index in [0.29, 0.717) is 18.8 Å². The second-order valence-electron chi connectivity index (χ2n) is 8.68. The van der Waals surface area contributed by atoms with Gasteiger partial charge in [-0.25, -0.2) is 8.78 Å². The van der Waals surface area contributed by atoms with E-state index in [9.17, 15) is 8.78 Å². The van der Waals surface area contributed by atoms with Gasteiger partial charge in [-0.05, 0) is 54.7 Å². The lowest BCUT2D eigenvalue weighted by Crippen LogP contribution is -1.96. The molecule has 0 N–H and O–H groups in total. The van der Waals surface area contributed by atoms with Gasteiger partial charge in [0.2, 0.25) is 0 Å². The molecule has 0 bridgehead atoms. The summed E-state index contributed by atoms with van der Waals surface area (Å²) in [6.45, 7) is 4.76. The quantitative estimate of drug-likeness (QED) is 0.235. The first-order valence-corrected chi connectivity index (χ1v) is 12.5. The minimum Gasteiger partial charge on any atom is -0.489 e. The van der Waals surface area contributed by atoms with Gasteiger partial charge in [-0.3, -0.25) is 0 Å². The van der Waals surface area contributed by atoms with Crippen molar-refractivity contribution in [2.24, 2.45) is 0 Å². The van der Waals surface area contributed by atoms with E-state index < -0.39 is 11.7 Å². The van der Waals surface area contributed by atoms with Gasteiger partial charge in [0.05, 0.1) is 0 Å². The number of unbranched alkanes of at least 4 members (excludes halogenated alkanes) is 8. The molecular formula is C29H40F2O. The van der Waals surface area contributed by atoms with Crippen LogP contribution in [0.25, 0.3) is 5.83 Å². The molecule has 0 aromatic heterocycles. The van der Waals surface area contributed by atoms with Gasteiger partial charge in [0.1, 0.15) is 18.2 Å². The summed E-state index contributed by atoms with van der Waals surface area (Å²) in [6, 6.07) is 15.1. The zero-order valence-electron chi connectivity index (χ0n) is 20.0. The number of hydrogen-bond acceptors (Lipinski definition) is 1. The van der Waals surface area contributed by atoms with Gasteiger partial charge in [0.15, 0.2) is 5.83 Å². The Labute approximate surface area is 193 Å². The lowest BCUT2D eigenvalue weighted by molar-refractivity contribution is 0.306. The van der Waals surface area contributed by atoms with Crippen molar-refractivity contribution in [3.05, 3.63) is 71.0 Å². The molecule has 0 aliphatic heterocycles. The second kappa shape index (κ2) is 15.6. The van der Waals surface area contributed by atoms with E-state index in [1.807, 2.05) is 6.92 Å². The van der Waals surface area contributed by atoms with E-state index in [4.69, 9.17) is 4.74 Å². The molecule has 32 heavy (non-hydrogen) atoms. The van der Waals surface area contributed by atoms with E-state index >= 15 is 0 Å². The van der Waals surface area contributed by atoms with Gasteiger partial charge in [0.25, 0.3) is 0 Å². The topological polar surface area (TPSA) is 9.23 Å². The van der Waals surface area contributed by atoms with E-state index in [1.54, 1.807) is 24.3 Å². The maximum Gasteiger partial charge on any atom is 0.161 e. The molecule has 0 atom stereocenters. The summed E-state index contributed by atoms with van der Waals surface area (Å²) in [5.41, 5.74) is 2.74. The van der Waals surface area contributed by atoms with E-state index in [-0.39, 0.29) is 12.0 Å². The van der Waals surface area contributed by atoms with Gasteiger partial charge in [0, 0.05) is 12.0 Å². The van der Waals surface area contributed by atoms with Crippen molar-refractivity contribution in [1.29, 1.82) is 0 Å². The summed E-state index contributed by atoms with van der Waals surface area (Å²) < 4.78 is 34.0. The fourth-order valence-corrected chi connectivity index (χ4v) is 3.75.